The lowest BCUT2D eigenvalue weighted by Crippen LogP contribution is -2.25. The van der Waals surface area contributed by atoms with Crippen molar-refractivity contribution in [1.82, 2.24) is 14.9 Å². The second kappa shape index (κ2) is 10.3. The molecule has 0 fully saturated rings. The maximum atomic E-state index is 12.9. The average Bonchev–Trinajstić information content (AvgIpc) is 3.19. The van der Waals surface area contributed by atoms with E-state index in [1.54, 1.807) is 49.6 Å². The van der Waals surface area contributed by atoms with Crippen LogP contribution in [0.3, 0.4) is 0 Å². The fourth-order valence-electron chi connectivity index (χ4n) is 3.74. The predicted molar refractivity (Wildman–Crippen MR) is 129 cm³/mol. The Morgan fingerprint density at radius 3 is 2.52 bits per heavy atom. The molecule has 4 rings (SSSR count). The van der Waals surface area contributed by atoms with E-state index in [9.17, 15) is 9.59 Å². The second-order valence-corrected chi connectivity index (χ2v) is 8.03. The summed E-state index contributed by atoms with van der Waals surface area (Å²) in [6.07, 6.45) is 1.30. The van der Waals surface area contributed by atoms with Crippen LogP contribution in [0.15, 0.2) is 72.8 Å². The Hall–Kier alpha value is -3.64. The summed E-state index contributed by atoms with van der Waals surface area (Å²) in [5, 5.41) is 3.53. The first-order valence-corrected chi connectivity index (χ1v) is 11.1. The van der Waals surface area contributed by atoms with Gasteiger partial charge in [-0.2, -0.15) is 0 Å². The molecule has 0 aliphatic heterocycles. The van der Waals surface area contributed by atoms with Crippen molar-refractivity contribution < 1.29 is 14.3 Å². The van der Waals surface area contributed by atoms with Crippen molar-refractivity contribution in [2.24, 2.45) is 0 Å². The number of carbonyl (C=O) groups is 2. The molecule has 4 aromatic rings. The smallest absolute Gasteiger partial charge is 0.255 e. The Bertz CT molecular complexity index is 1280. The number of amides is 1. The third-order valence-electron chi connectivity index (χ3n) is 5.42. The standard InChI is InChI=1S/C26H24ClN3O3/c1-33-24-10-5-2-7-20(24)26(32)28-16-6-11-25-29-21-8-3-4-9-22(21)30(25)17-23(31)18-12-14-19(27)15-13-18/h2-5,7-10,12-15H,6,11,16-17H2,1H3,(H,28,32). The van der Waals surface area contributed by atoms with Crippen LogP contribution in [0.1, 0.15) is 33.0 Å². The van der Waals surface area contributed by atoms with E-state index in [0.29, 0.717) is 41.3 Å². The molecule has 6 nitrogen and oxygen atoms in total. The summed E-state index contributed by atoms with van der Waals surface area (Å²) >= 11 is 5.95. The van der Waals surface area contributed by atoms with E-state index in [4.69, 9.17) is 21.3 Å². The Kier molecular flexibility index (Phi) is 7.05. The highest BCUT2D eigenvalue weighted by atomic mass is 35.5. The highest BCUT2D eigenvalue weighted by molar-refractivity contribution is 6.30. The van der Waals surface area contributed by atoms with E-state index in [1.807, 2.05) is 34.9 Å². The number of halogens is 1. The molecule has 1 amide bonds. The van der Waals surface area contributed by atoms with Crippen LogP contribution in [-0.2, 0) is 13.0 Å². The summed E-state index contributed by atoms with van der Waals surface area (Å²) in [6, 6.07) is 21.8. The number of imidazole rings is 1. The van der Waals surface area contributed by atoms with E-state index >= 15 is 0 Å². The van der Waals surface area contributed by atoms with Gasteiger partial charge in [0.1, 0.15) is 11.6 Å². The van der Waals surface area contributed by atoms with Crippen molar-refractivity contribution in [2.75, 3.05) is 13.7 Å². The number of hydrogen-bond donors (Lipinski definition) is 1. The molecule has 0 bridgehead atoms. The van der Waals surface area contributed by atoms with Crippen LogP contribution in [0, 0.1) is 0 Å². The van der Waals surface area contributed by atoms with Crippen LogP contribution in [0.4, 0.5) is 0 Å². The van der Waals surface area contributed by atoms with Gasteiger partial charge in [-0.15, -0.1) is 0 Å². The Balaban J connectivity index is 1.45. The van der Waals surface area contributed by atoms with Gasteiger partial charge in [-0.1, -0.05) is 35.9 Å². The van der Waals surface area contributed by atoms with Crippen LogP contribution in [0.2, 0.25) is 5.02 Å². The molecule has 0 radical (unpaired) electrons. The van der Waals surface area contributed by atoms with E-state index in [2.05, 4.69) is 5.32 Å². The summed E-state index contributed by atoms with van der Waals surface area (Å²) in [4.78, 5) is 30.1. The number of aryl methyl sites for hydroxylation is 1. The number of methoxy groups -OCH3 is 1. The average molecular weight is 462 g/mol. The second-order valence-electron chi connectivity index (χ2n) is 7.59. The molecule has 1 N–H and O–H groups in total. The minimum absolute atomic E-state index is 0.0134. The number of carbonyl (C=O) groups excluding carboxylic acids is 2. The summed E-state index contributed by atoms with van der Waals surface area (Å²) in [5.41, 5.74) is 2.86. The number of fused-ring (bicyclic) bond motifs is 1. The van der Waals surface area contributed by atoms with Gasteiger partial charge in [0, 0.05) is 23.6 Å². The van der Waals surface area contributed by atoms with Gasteiger partial charge in [-0.05, 0) is 55.0 Å². The zero-order valence-electron chi connectivity index (χ0n) is 18.3. The van der Waals surface area contributed by atoms with Crippen LogP contribution >= 0.6 is 11.6 Å². The van der Waals surface area contributed by atoms with Crippen molar-refractivity contribution >= 4 is 34.3 Å². The largest absolute Gasteiger partial charge is 0.496 e. The monoisotopic (exact) mass is 461 g/mol. The first kappa shape index (κ1) is 22.6. The van der Waals surface area contributed by atoms with Gasteiger partial charge in [0.15, 0.2) is 5.78 Å². The number of ketones is 1. The number of nitrogens with zero attached hydrogens (tertiary/aromatic N) is 2. The molecule has 0 saturated heterocycles. The third-order valence-corrected chi connectivity index (χ3v) is 5.67. The van der Waals surface area contributed by atoms with Gasteiger partial charge < -0.3 is 14.6 Å². The minimum atomic E-state index is -0.182. The van der Waals surface area contributed by atoms with Crippen LogP contribution in [0.25, 0.3) is 11.0 Å². The number of aromatic nitrogens is 2. The fraction of sp³-hybridized carbons (Fsp3) is 0.192. The summed E-state index contributed by atoms with van der Waals surface area (Å²) in [6.45, 7) is 0.663. The van der Waals surface area contributed by atoms with Crippen LogP contribution < -0.4 is 10.1 Å². The van der Waals surface area contributed by atoms with Gasteiger partial charge in [0.2, 0.25) is 0 Å². The number of para-hydroxylation sites is 3. The number of Topliss-reactive ketones (excluding diaryl/α,β-unsaturated/α-hetero) is 1. The lowest BCUT2D eigenvalue weighted by molar-refractivity contribution is 0.0948. The van der Waals surface area contributed by atoms with Gasteiger partial charge in [0.25, 0.3) is 5.91 Å². The van der Waals surface area contributed by atoms with E-state index in [1.165, 1.54) is 0 Å². The van der Waals surface area contributed by atoms with E-state index < -0.39 is 0 Å². The summed E-state index contributed by atoms with van der Waals surface area (Å²) < 4.78 is 7.21. The SMILES string of the molecule is COc1ccccc1C(=O)NCCCc1nc2ccccc2n1CC(=O)c1ccc(Cl)cc1. The molecule has 0 aliphatic rings. The van der Waals surface area contributed by atoms with Crippen LogP contribution in [0.5, 0.6) is 5.75 Å². The molecule has 33 heavy (non-hydrogen) atoms. The summed E-state index contributed by atoms with van der Waals surface area (Å²) in [7, 11) is 1.54. The molecule has 7 heteroatoms. The van der Waals surface area contributed by atoms with Crippen molar-refractivity contribution in [3.8, 4) is 5.75 Å². The number of rotatable bonds is 9. The Morgan fingerprint density at radius 1 is 1.00 bits per heavy atom. The topological polar surface area (TPSA) is 73.2 Å². The molecular weight excluding hydrogens is 438 g/mol. The molecule has 168 valence electrons. The number of nitrogens with one attached hydrogen (secondary N) is 1. The molecule has 0 aliphatic carbocycles. The number of hydrogen-bond acceptors (Lipinski definition) is 4. The first-order valence-electron chi connectivity index (χ1n) is 10.7. The number of ether oxygens (including phenoxy) is 1. The molecule has 0 unspecified atom stereocenters. The van der Waals surface area contributed by atoms with Crippen LogP contribution in [-0.4, -0.2) is 34.9 Å². The molecular formula is C26H24ClN3O3. The minimum Gasteiger partial charge on any atom is -0.496 e. The molecule has 1 heterocycles. The first-order chi connectivity index (χ1) is 16.1. The molecule has 0 spiro atoms. The molecule has 0 saturated carbocycles. The lowest BCUT2D eigenvalue weighted by atomic mass is 10.1. The van der Waals surface area contributed by atoms with Crippen molar-refractivity contribution in [3.63, 3.8) is 0 Å². The fourth-order valence-corrected chi connectivity index (χ4v) is 3.87. The third kappa shape index (κ3) is 5.23. The van der Waals surface area contributed by atoms with Gasteiger partial charge in [-0.25, -0.2) is 4.98 Å². The van der Waals surface area contributed by atoms with Gasteiger partial charge >= 0.3 is 0 Å². The maximum Gasteiger partial charge on any atom is 0.255 e. The highest BCUT2D eigenvalue weighted by Gasteiger charge is 2.15. The van der Waals surface area contributed by atoms with Crippen molar-refractivity contribution in [3.05, 3.63) is 94.8 Å². The van der Waals surface area contributed by atoms with Crippen molar-refractivity contribution in [2.45, 2.75) is 19.4 Å². The zero-order valence-corrected chi connectivity index (χ0v) is 19.0. The van der Waals surface area contributed by atoms with E-state index in [0.717, 1.165) is 16.9 Å². The van der Waals surface area contributed by atoms with Crippen molar-refractivity contribution in [1.29, 1.82) is 0 Å². The Labute approximate surface area is 197 Å². The highest BCUT2D eigenvalue weighted by Crippen LogP contribution is 2.20. The normalized spacial score (nSPS) is 10.8. The van der Waals surface area contributed by atoms with Gasteiger partial charge in [0.05, 0.1) is 30.3 Å². The summed E-state index contributed by atoms with van der Waals surface area (Å²) in [5.74, 6) is 1.15. The Morgan fingerprint density at radius 2 is 1.73 bits per heavy atom. The number of benzene rings is 3. The quantitative estimate of drug-likeness (QED) is 0.283. The zero-order chi connectivity index (χ0) is 23.2. The molecule has 0 atom stereocenters. The molecule has 1 aromatic heterocycles. The predicted octanol–water partition coefficient (Wildman–Crippen LogP) is 4.94. The lowest BCUT2D eigenvalue weighted by Gasteiger charge is -2.10. The molecule has 3 aromatic carbocycles. The van der Waals surface area contributed by atoms with E-state index in [-0.39, 0.29) is 18.2 Å². The van der Waals surface area contributed by atoms with Gasteiger partial charge in [-0.3, -0.25) is 9.59 Å². The maximum absolute atomic E-state index is 12.9.